The van der Waals surface area contributed by atoms with Crippen molar-refractivity contribution in [3.8, 4) is 0 Å². The average molecular weight is 703 g/mol. The van der Waals surface area contributed by atoms with Gasteiger partial charge in [-0.25, -0.2) is 0 Å². The molecule has 0 aromatic carbocycles. The van der Waals surface area contributed by atoms with E-state index >= 15 is 0 Å². The Bertz CT molecular complexity index is 522. The topological polar surface area (TPSA) is 85.9 Å². The smallest absolute Gasteiger partial charge is 0.0700 e. The molecule has 0 aromatic heterocycles. The maximum Gasteiger partial charge on any atom is 0.0700 e. The average Bonchev–Trinajstić information content (AvgIpc) is 2.96. The molecule has 1 N–H and O–H groups in total. The Labute approximate surface area is 270 Å². The summed E-state index contributed by atoms with van der Waals surface area (Å²) in [4.78, 5) is 0. The number of allylic oxidation sites excluding steroid dienone is 1. The van der Waals surface area contributed by atoms with Crippen LogP contribution in [0.2, 0.25) is 0 Å². The number of hydrogen-bond donors (Lipinski definition) is 1. The van der Waals surface area contributed by atoms with Crippen molar-refractivity contribution < 1.29 is 37.9 Å². The normalized spacial score (nSPS) is 10.2. The second-order valence-electron chi connectivity index (χ2n) is 7.69. The minimum atomic E-state index is 0. The van der Waals surface area contributed by atoms with E-state index in [0.717, 1.165) is 90.2 Å². The third kappa shape index (κ3) is 68.3. The third-order valence-electron chi connectivity index (χ3n) is 4.16. The molecule has 0 rings (SSSR count). The van der Waals surface area contributed by atoms with Gasteiger partial charge in [-0.3, -0.25) is 16.0 Å². The van der Waals surface area contributed by atoms with Gasteiger partial charge in [0, 0.05) is 59.1 Å². The summed E-state index contributed by atoms with van der Waals surface area (Å²) in [6.07, 6.45) is 3.09. The van der Waals surface area contributed by atoms with Gasteiger partial charge in [0.1, 0.15) is 0 Å². The molecular formula is C28H68NO8P4S-. The van der Waals surface area contributed by atoms with Crippen LogP contribution in [-0.4, -0.2) is 112 Å². The van der Waals surface area contributed by atoms with Crippen LogP contribution in [0.15, 0.2) is 12.3 Å². The lowest BCUT2D eigenvalue weighted by Gasteiger charge is -2.07. The molecular weight excluding hydrogens is 634 g/mol. The predicted molar refractivity (Wildman–Crippen MR) is 196 cm³/mol. The molecule has 0 amide bonds. The van der Waals surface area contributed by atoms with Gasteiger partial charge in [0.25, 0.3) is 0 Å². The number of ether oxygens (including phenoxy) is 8. The van der Waals surface area contributed by atoms with Crippen molar-refractivity contribution in [1.29, 1.82) is 0 Å². The van der Waals surface area contributed by atoms with Gasteiger partial charge in [-0.1, -0.05) is 29.9 Å². The summed E-state index contributed by atoms with van der Waals surface area (Å²) >= 11 is 0. The summed E-state index contributed by atoms with van der Waals surface area (Å²) in [7, 11) is 11.9. The maximum absolute atomic E-state index is 5.37. The number of methoxy groups -OCH3 is 1. The SMILES string of the molecule is C.C=C(CCCOCCOCC)NPP.CCCOCCOCC.CCOCCOC.CCOCCOCC[S-](=P)=P. The Kier molecular flexibility index (Phi) is 68.2. The lowest BCUT2D eigenvalue weighted by atomic mass is 10.3. The van der Waals surface area contributed by atoms with Crippen LogP contribution in [0.3, 0.4) is 0 Å². The zero-order valence-electron chi connectivity index (χ0n) is 26.9. The summed E-state index contributed by atoms with van der Waals surface area (Å²) in [5, 5.41) is 3.17. The van der Waals surface area contributed by atoms with Crippen molar-refractivity contribution in [2.75, 3.05) is 112 Å². The Morgan fingerprint density at radius 1 is 0.667 bits per heavy atom. The Balaban J connectivity index is -0.000000148. The molecule has 0 aliphatic carbocycles. The van der Waals surface area contributed by atoms with Crippen molar-refractivity contribution in [2.24, 2.45) is 0 Å². The van der Waals surface area contributed by atoms with Gasteiger partial charge in [0.15, 0.2) is 0 Å². The quantitative estimate of drug-likeness (QED) is 0.0563. The fourth-order valence-electron chi connectivity index (χ4n) is 2.22. The minimum absolute atomic E-state index is 0. The largest absolute Gasteiger partial charge is 0.426 e. The molecule has 0 aromatic rings. The maximum atomic E-state index is 5.37. The van der Waals surface area contributed by atoms with Crippen LogP contribution in [0.25, 0.3) is 0 Å². The van der Waals surface area contributed by atoms with E-state index in [2.05, 4.69) is 43.5 Å². The molecule has 0 heterocycles. The van der Waals surface area contributed by atoms with E-state index in [0.29, 0.717) is 48.1 Å². The molecule has 0 radical (unpaired) electrons. The highest BCUT2D eigenvalue weighted by atomic mass is 32.7. The van der Waals surface area contributed by atoms with Crippen molar-refractivity contribution in [2.45, 2.75) is 61.3 Å². The lowest BCUT2D eigenvalue weighted by Crippen LogP contribution is -2.06. The number of nitrogens with one attached hydrogen (secondary N) is 1. The molecule has 0 spiro atoms. The predicted octanol–water partition coefficient (Wildman–Crippen LogP) is 6.83. The first kappa shape index (κ1) is 52.6. The van der Waals surface area contributed by atoms with Crippen LogP contribution in [0.5, 0.6) is 0 Å². The first-order valence-corrected chi connectivity index (χ1v) is 21.1. The Morgan fingerprint density at radius 3 is 1.45 bits per heavy atom. The van der Waals surface area contributed by atoms with Crippen LogP contribution >= 0.6 is 33.4 Å². The van der Waals surface area contributed by atoms with Crippen molar-refractivity contribution in [3.05, 3.63) is 12.3 Å². The number of hydrogen-bond acceptors (Lipinski definition) is 10. The highest BCUT2D eigenvalue weighted by Gasteiger charge is 1.93. The monoisotopic (exact) mass is 702 g/mol. The second-order valence-corrected chi connectivity index (χ2v) is 14.5. The van der Waals surface area contributed by atoms with Gasteiger partial charge < -0.3 is 52.2 Å². The Hall–Kier alpha value is 1.03. The van der Waals surface area contributed by atoms with E-state index in [-0.39, 0.29) is 16.7 Å². The van der Waals surface area contributed by atoms with Crippen molar-refractivity contribution >= 4 is 42.6 Å². The van der Waals surface area contributed by atoms with E-state index in [1.807, 2.05) is 27.7 Å². The standard InChI is InChI=1S/C9H21NO2P2.C7H16O2.C6H15O2P2S.C5H12O2.CH4/c1-3-11-7-8-12-6-4-5-9(2)10-14-13;1-3-5-9-7-6-8-4-2;1-2-7-3-4-8-5-6-11(9)10;1-3-7-5-4-6-2;/h10,14H,2-8,13H2,1H3;3-7H2,1-2H3;9-10H,2-6H2,1H3;3-5H2,1-2H3;1H4/q;;-1;;. The molecule has 0 bridgehead atoms. The molecule has 14 heteroatoms. The van der Waals surface area contributed by atoms with Crippen LogP contribution in [0.4, 0.5) is 0 Å². The van der Waals surface area contributed by atoms with Crippen LogP contribution in [-0.2, 0) is 47.1 Å². The molecule has 0 aliphatic rings. The summed E-state index contributed by atoms with van der Waals surface area (Å²) in [6.45, 7) is 25.1. The van der Waals surface area contributed by atoms with Crippen molar-refractivity contribution in [3.63, 3.8) is 0 Å². The van der Waals surface area contributed by atoms with Gasteiger partial charge in [0.05, 0.1) is 52.9 Å². The second kappa shape index (κ2) is 54.5. The van der Waals surface area contributed by atoms with Crippen LogP contribution in [0, 0.1) is 0 Å². The zero-order valence-corrected chi connectivity index (χ0v) is 31.9. The van der Waals surface area contributed by atoms with Gasteiger partial charge in [0.2, 0.25) is 0 Å². The summed E-state index contributed by atoms with van der Waals surface area (Å²) in [5.41, 5.74) is 1.09. The molecule has 2 atom stereocenters. The van der Waals surface area contributed by atoms with E-state index in [9.17, 15) is 0 Å². The zero-order chi connectivity index (χ0) is 31.7. The molecule has 0 saturated carbocycles. The summed E-state index contributed by atoms with van der Waals surface area (Å²) in [6, 6.07) is 0. The fourth-order valence-corrected chi connectivity index (χ4v) is 3.94. The van der Waals surface area contributed by atoms with E-state index in [1.54, 1.807) is 7.11 Å². The van der Waals surface area contributed by atoms with Crippen LogP contribution < -0.4 is 5.09 Å². The molecule has 9 nitrogen and oxygen atoms in total. The molecule has 2 unspecified atom stereocenters. The van der Waals surface area contributed by atoms with Gasteiger partial charge in [-0.05, 0) is 55.4 Å². The van der Waals surface area contributed by atoms with Crippen LogP contribution in [0.1, 0.15) is 61.3 Å². The summed E-state index contributed by atoms with van der Waals surface area (Å²) < 4.78 is 40.8. The molecule has 42 heavy (non-hydrogen) atoms. The third-order valence-corrected chi connectivity index (χ3v) is 6.89. The Morgan fingerprint density at radius 2 is 1.07 bits per heavy atom. The molecule has 0 aliphatic heterocycles. The molecule has 0 saturated heterocycles. The van der Waals surface area contributed by atoms with Gasteiger partial charge in [-0.2, -0.15) is 0 Å². The van der Waals surface area contributed by atoms with Crippen molar-refractivity contribution in [1.82, 2.24) is 5.09 Å². The molecule has 0 fully saturated rings. The van der Waals surface area contributed by atoms with E-state index in [1.165, 1.54) is 0 Å². The van der Waals surface area contributed by atoms with Gasteiger partial charge >= 0.3 is 0 Å². The van der Waals surface area contributed by atoms with E-state index in [4.69, 9.17) is 37.9 Å². The van der Waals surface area contributed by atoms with Gasteiger partial charge in [-0.15, -0.1) is 5.75 Å². The minimum Gasteiger partial charge on any atom is -0.426 e. The number of rotatable bonds is 27. The molecule has 260 valence electrons. The van der Waals surface area contributed by atoms with E-state index < -0.39 is 0 Å². The highest BCUT2D eigenvalue weighted by Crippen LogP contribution is 2.17. The lowest BCUT2D eigenvalue weighted by molar-refractivity contribution is 0.0520. The fraction of sp³-hybridized carbons (Fsp3) is 0.929. The first-order chi connectivity index (χ1) is 19.9. The summed E-state index contributed by atoms with van der Waals surface area (Å²) in [5.74, 6) is 1.000. The highest BCUT2D eigenvalue weighted by molar-refractivity contribution is 8.29. The first-order valence-electron chi connectivity index (χ1n) is 14.5.